The van der Waals surface area contributed by atoms with E-state index in [0.29, 0.717) is 12.1 Å². The zero-order valence-corrected chi connectivity index (χ0v) is 12.0. The van der Waals surface area contributed by atoms with Crippen molar-refractivity contribution in [2.45, 2.75) is 13.5 Å². The van der Waals surface area contributed by atoms with Gasteiger partial charge in [0.25, 0.3) is 5.69 Å². The van der Waals surface area contributed by atoms with E-state index in [9.17, 15) is 10.1 Å². The number of nitro benzene ring substituents is 1. The minimum absolute atomic E-state index is 0.0508. The van der Waals surface area contributed by atoms with Gasteiger partial charge >= 0.3 is 0 Å². The second-order valence-electron chi connectivity index (χ2n) is 4.33. The molecule has 9 heteroatoms. The van der Waals surface area contributed by atoms with Gasteiger partial charge in [0.05, 0.1) is 23.2 Å². The van der Waals surface area contributed by atoms with E-state index in [1.54, 1.807) is 16.9 Å². The number of rotatable bonds is 5. The summed E-state index contributed by atoms with van der Waals surface area (Å²) in [5.41, 5.74) is 0.763. The number of hydrogen-bond donors (Lipinski definition) is 1. The molecule has 2 heterocycles. The van der Waals surface area contributed by atoms with Crippen LogP contribution in [-0.4, -0.2) is 31.4 Å². The molecule has 8 nitrogen and oxygen atoms in total. The molecule has 0 fully saturated rings. The van der Waals surface area contributed by atoms with Crippen molar-refractivity contribution in [3.63, 3.8) is 0 Å². The molecule has 0 saturated carbocycles. The first-order chi connectivity index (χ1) is 10.2. The number of fused-ring (bicyclic) bond motifs is 1. The predicted octanol–water partition coefficient (Wildman–Crippen LogP) is 2.28. The van der Waals surface area contributed by atoms with Crippen LogP contribution in [0.3, 0.4) is 0 Å². The zero-order chi connectivity index (χ0) is 14.8. The molecule has 3 rings (SSSR count). The Kier molecular flexibility index (Phi) is 3.48. The Hall–Kier alpha value is -2.55. The third-order valence-electron chi connectivity index (χ3n) is 2.92. The Morgan fingerprint density at radius 3 is 3.05 bits per heavy atom. The number of anilines is 1. The maximum atomic E-state index is 10.9. The van der Waals surface area contributed by atoms with E-state index in [4.69, 9.17) is 0 Å². The first-order valence-electron chi connectivity index (χ1n) is 6.33. The molecule has 0 atom stereocenters. The van der Waals surface area contributed by atoms with Crippen LogP contribution in [0.25, 0.3) is 10.9 Å². The second-order valence-corrected chi connectivity index (χ2v) is 5.40. The monoisotopic (exact) mass is 304 g/mol. The second kappa shape index (κ2) is 5.44. The van der Waals surface area contributed by atoms with Gasteiger partial charge in [-0.2, -0.15) is 5.10 Å². The van der Waals surface area contributed by atoms with Gasteiger partial charge in [-0.1, -0.05) is 11.3 Å². The van der Waals surface area contributed by atoms with E-state index in [1.807, 2.05) is 6.92 Å². The molecule has 1 aromatic carbocycles. The summed E-state index contributed by atoms with van der Waals surface area (Å²) >= 11 is 1.45. The van der Waals surface area contributed by atoms with Crippen LogP contribution in [-0.2, 0) is 6.54 Å². The van der Waals surface area contributed by atoms with Gasteiger partial charge in [0, 0.05) is 24.1 Å². The fourth-order valence-electron chi connectivity index (χ4n) is 1.97. The van der Waals surface area contributed by atoms with Crippen molar-refractivity contribution in [1.29, 1.82) is 0 Å². The summed E-state index contributed by atoms with van der Waals surface area (Å²) in [6.45, 7) is 3.21. The van der Waals surface area contributed by atoms with Gasteiger partial charge in [-0.3, -0.25) is 14.8 Å². The van der Waals surface area contributed by atoms with Gasteiger partial charge in [0.1, 0.15) is 5.01 Å². The lowest BCUT2D eigenvalue weighted by Gasteiger charge is -2.00. The minimum atomic E-state index is -0.412. The van der Waals surface area contributed by atoms with Crippen molar-refractivity contribution in [2.75, 3.05) is 11.9 Å². The molecule has 0 aliphatic carbocycles. The van der Waals surface area contributed by atoms with Gasteiger partial charge < -0.3 is 5.32 Å². The van der Waals surface area contributed by atoms with Crippen molar-refractivity contribution in [3.05, 3.63) is 39.5 Å². The van der Waals surface area contributed by atoms with Crippen molar-refractivity contribution in [3.8, 4) is 0 Å². The average Bonchev–Trinajstić information content (AvgIpc) is 3.07. The Balaban J connectivity index is 1.92. The van der Waals surface area contributed by atoms with Gasteiger partial charge in [-0.25, -0.2) is 0 Å². The molecule has 21 heavy (non-hydrogen) atoms. The van der Waals surface area contributed by atoms with Crippen molar-refractivity contribution in [2.24, 2.45) is 0 Å². The molecule has 0 radical (unpaired) electrons. The van der Waals surface area contributed by atoms with Crippen LogP contribution in [0.2, 0.25) is 0 Å². The molecule has 0 amide bonds. The minimum Gasteiger partial charge on any atom is -0.360 e. The average molecular weight is 304 g/mol. The van der Waals surface area contributed by atoms with Crippen molar-refractivity contribution in [1.82, 2.24) is 20.0 Å². The highest BCUT2D eigenvalue weighted by Gasteiger charge is 2.12. The normalized spacial score (nSPS) is 10.9. The highest BCUT2D eigenvalue weighted by molar-refractivity contribution is 7.15. The molecule has 3 aromatic rings. The van der Waals surface area contributed by atoms with Gasteiger partial charge in [0.2, 0.25) is 5.13 Å². The van der Waals surface area contributed by atoms with Crippen LogP contribution in [0.4, 0.5) is 10.8 Å². The van der Waals surface area contributed by atoms with Gasteiger partial charge in [-0.05, 0) is 13.0 Å². The molecule has 0 aliphatic heterocycles. The number of non-ortho nitro benzene ring substituents is 1. The van der Waals surface area contributed by atoms with Crippen LogP contribution in [0, 0.1) is 10.1 Å². The summed E-state index contributed by atoms with van der Waals surface area (Å²) in [6.07, 6.45) is 1.69. The summed E-state index contributed by atoms with van der Waals surface area (Å²) in [5.74, 6) is 0. The molecule has 0 aliphatic rings. The largest absolute Gasteiger partial charge is 0.360 e. The number of nitro groups is 1. The quantitative estimate of drug-likeness (QED) is 0.573. The number of benzene rings is 1. The third-order valence-corrected chi connectivity index (χ3v) is 3.78. The Morgan fingerprint density at radius 1 is 1.43 bits per heavy atom. The molecule has 108 valence electrons. The van der Waals surface area contributed by atoms with Gasteiger partial charge in [0.15, 0.2) is 0 Å². The molecule has 0 unspecified atom stereocenters. The summed E-state index contributed by atoms with van der Waals surface area (Å²) in [4.78, 5) is 10.4. The SMILES string of the molecule is CCNc1nnc(Cn2ncc3ccc([N+](=O)[O-])cc32)s1. The predicted molar refractivity (Wildman–Crippen MR) is 79.6 cm³/mol. The topological polar surface area (TPSA) is 98.8 Å². The van der Waals surface area contributed by atoms with E-state index >= 15 is 0 Å². The standard InChI is InChI=1S/C12H12N6O2S/c1-2-13-12-16-15-11(21-12)7-17-10-5-9(18(19)20)4-3-8(10)6-14-17/h3-6H,2,7H2,1H3,(H,13,16). The molecular weight excluding hydrogens is 292 g/mol. The molecule has 2 aromatic heterocycles. The Morgan fingerprint density at radius 2 is 2.29 bits per heavy atom. The lowest BCUT2D eigenvalue weighted by atomic mass is 10.2. The van der Waals surface area contributed by atoms with E-state index in [0.717, 1.165) is 22.1 Å². The first-order valence-corrected chi connectivity index (χ1v) is 7.15. The molecule has 0 saturated heterocycles. The maximum absolute atomic E-state index is 10.9. The number of aromatic nitrogens is 4. The van der Waals surface area contributed by atoms with E-state index < -0.39 is 4.92 Å². The van der Waals surface area contributed by atoms with Crippen LogP contribution in [0.5, 0.6) is 0 Å². The molecular formula is C12H12N6O2S. The Bertz CT molecular complexity index is 796. The van der Waals surface area contributed by atoms with Crippen LogP contribution in [0.1, 0.15) is 11.9 Å². The molecule has 0 spiro atoms. The van der Waals surface area contributed by atoms with Gasteiger partial charge in [-0.15, -0.1) is 10.2 Å². The van der Waals surface area contributed by atoms with Crippen molar-refractivity contribution >= 4 is 33.1 Å². The lowest BCUT2D eigenvalue weighted by Crippen LogP contribution is -2.01. The van der Waals surface area contributed by atoms with Crippen LogP contribution in [0.15, 0.2) is 24.4 Å². The summed E-state index contributed by atoms with van der Waals surface area (Å²) < 4.78 is 1.69. The summed E-state index contributed by atoms with van der Waals surface area (Å²) in [5, 5.41) is 28.7. The van der Waals surface area contributed by atoms with Crippen molar-refractivity contribution < 1.29 is 4.92 Å². The molecule has 1 N–H and O–H groups in total. The van der Waals surface area contributed by atoms with E-state index in [1.165, 1.54) is 23.5 Å². The summed E-state index contributed by atoms with van der Waals surface area (Å²) in [6, 6.07) is 4.69. The number of hydrogen-bond acceptors (Lipinski definition) is 7. The summed E-state index contributed by atoms with van der Waals surface area (Å²) in [7, 11) is 0. The first kappa shape index (κ1) is 13.4. The third kappa shape index (κ3) is 2.68. The maximum Gasteiger partial charge on any atom is 0.271 e. The Labute approximate surface area is 123 Å². The van der Waals surface area contributed by atoms with E-state index in [-0.39, 0.29) is 5.69 Å². The highest BCUT2D eigenvalue weighted by Crippen LogP contribution is 2.22. The number of nitrogens with one attached hydrogen (secondary N) is 1. The highest BCUT2D eigenvalue weighted by atomic mass is 32.1. The fourth-order valence-corrected chi connectivity index (χ4v) is 2.76. The van der Waals surface area contributed by atoms with Crippen LogP contribution < -0.4 is 5.32 Å². The lowest BCUT2D eigenvalue weighted by molar-refractivity contribution is -0.384. The zero-order valence-electron chi connectivity index (χ0n) is 11.2. The number of nitrogens with zero attached hydrogens (tertiary/aromatic N) is 5. The van der Waals surface area contributed by atoms with E-state index in [2.05, 4.69) is 20.6 Å². The fraction of sp³-hybridized carbons (Fsp3) is 0.250. The smallest absolute Gasteiger partial charge is 0.271 e. The van der Waals surface area contributed by atoms with Crippen LogP contribution >= 0.6 is 11.3 Å². The molecule has 0 bridgehead atoms.